The van der Waals surface area contributed by atoms with E-state index in [-0.39, 0.29) is 5.91 Å². The van der Waals surface area contributed by atoms with Gasteiger partial charge in [-0.15, -0.1) is 11.8 Å². The molecular formula is C12H18N2O2S. The first-order chi connectivity index (χ1) is 8.03. The minimum Gasteiger partial charge on any atom is -0.388 e. The highest BCUT2D eigenvalue weighted by atomic mass is 32.2. The molecule has 1 aromatic rings. The predicted molar refractivity (Wildman–Crippen MR) is 68.9 cm³/mol. The number of thioether (sulfide) groups is 1. The van der Waals surface area contributed by atoms with Gasteiger partial charge in [-0.1, -0.05) is 6.92 Å². The van der Waals surface area contributed by atoms with Crippen LogP contribution in [0.15, 0.2) is 29.4 Å². The molecule has 0 bridgehead atoms. The van der Waals surface area contributed by atoms with Crippen molar-refractivity contribution in [2.45, 2.75) is 30.8 Å². The van der Waals surface area contributed by atoms with Crippen LogP contribution >= 0.6 is 11.8 Å². The van der Waals surface area contributed by atoms with Gasteiger partial charge in [-0.2, -0.15) is 0 Å². The minimum atomic E-state index is -0.822. The first-order valence-corrected chi connectivity index (χ1v) is 6.54. The smallest absolute Gasteiger partial charge is 0.230 e. The van der Waals surface area contributed by atoms with Gasteiger partial charge in [0.1, 0.15) is 0 Å². The maximum absolute atomic E-state index is 11.5. The number of amides is 1. The van der Waals surface area contributed by atoms with Gasteiger partial charge in [0, 0.05) is 23.8 Å². The van der Waals surface area contributed by atoms with Crippen molar-refractivity contribution in [3.8, 4) is 0 Å². The maximum Gasteiger partial charge on any atom is 0.230 e. The van der Waals surface area contributed by atoms with Crippen LogP contribution < -0.4 is 5.32 Å². The van der Waals surface area contributed by atoms with E-state index in [0.717, 1.165) is 4.90 Å². The molecule has 0 saturated heterocycles. The molecule has 1 heterocycles. The molecule has 1 atom stereocenters. The zero-order valence-electron chi connectivity index (χ0n) is 10.1. The fourth-order valence-corrected chi connectivity index (χ4v) is 1.76. The quantitative estimate of drug-likeness (QED) is 0.754. The maximum atomic E-state index is 11.5. The number of hydrogen-bond acceptors (Lipinski definition) is 4. The van der Waals surface area contributed by atoms with Gasteiger partial charge < -0.3 is 10.4 Å². The van der Waals surface area contributed by atoms with E-state index in [4.69, 9.17) is 0 Å². The monoisotopic (exact) mass is 254 g/mol. The van der Waals surface area contributed by atoms with E-state index in [1.807, 2.05) is 19.1 Å². The molecule has 17 heavy (non-hydrogen) atoms. The molecular weight excluding hydrogens is 236 g/mol. The number of aliphatic hydroxyl groups is 1. The number of nitrogens with one attached hydrogen (secondary N) is 1. The second kappa shape index (κ2) is 6.61. The average molecular weight is 254 g/mol. The van der Waals surface area contributed by atoms with E-state index < -0.39 is 5.60 Å². The lowest BCUT2D eigenvalue weighted by atomic mass is 10.0. The van der Waals surface area contributed by atoms with E-state index in [1.165, 1.54) is 11.8 Å². The molecule has 1 unspecified atom stereocenters. The number of nitrogens with zero attached hydrogens (tertiary/aromatic N) is 1. The summed E-state index contributed by atoms with van der Waals surface area (Å²) in [5.74, 6) is 0.282. The molecule has 4 nitrogen and oxygen atoms in total. The van der Waals surface area contributed by atoms with Crippen molar-refractivity contribution in [1.82, 2.24) is 10.3 Å². The Morgan fingerprint density at radius 2 is 2.18 bits per heavy atom. The summed E-state index contributed by atoms with van der Waals surface area (Å²) in [6.07, 6.45) is 4.01. The molecule has 1 aromatic heterocycles. The molecule has 0 aliphatic heterocycles. The number of aromatic nitrogens is 1. The Morgan fingerprint density at radius 1 is 1.53 bits per heavy atom. The Kier molecular flexibility index (Phi) is 5.44. The van der Waals surface area contributed by atoms with Crippen LogP contribution in [0.1, 0.15) is 20.3 Å². The third kappa shape index (κ3) is 5.70. The van der Waals surface area contributed by atoms with Crippen LogP contribution in [0.2, 0.25) is 0 Å². The molecule has 94 valence electrons. The molecule has 2 N–H and O–H groups in total. The van der Waals surface area contributed by atoms with Crippen molar-refractivity contribution >= 4 is 17.7 Å². The third-order valence-corrected chi connectivity index (χ3v) is 3.46. The standard InChI is InChI=1S/C12H18N2O2S/c1-3-12(2,16)9-14-11(15)8-17-10-4-6-13-7-5-10/h4-7,16H,3,8-9H2,1-2H3,(H,14,15). The molecule has 0 aromatic carbocycles. The molecule has 0 fully saturated rings. The van der Waals surface area contributed by atoms with Crippen LogP contribution in [0.4, 0.5) is 0 Å². The number of carbonyl (C=O) groups excluding carboxylic acids is 1. The Morgan fingerprint density at radius 3 is 2.76 bits per heavy atom. The third-order valence-electron chi connectivity index (χ3n) is 2.45. The summed E-state index contributed by atoms with van der Waals surface area (Å²) >= 11 is 1.45. The highest BCUT2D eigenvalue weighted by molar-refractivity contribution is 8.00. The topological polar surface area (TPSA) is 62.2 Å². The first-order valence-electron chi connectivity index (χ1n) is 5.55. The van der Waals surface area contributed by atoms with Gasteiger partial charge in [0.15, 0.2) is 0 Å². The number of pyridine rings is 1. The molecule has 0 aliphatic rings. The Labute approximate surface area is 106 Å². The zero-order valence-corrected chi connectivity index (χ0v) is 11.0. The van der Waals surface area contributed by atoms with Gasteiger partial charge >= 0.3 is 0 Å². The van der Waals surface area contributed by atoms with Gasteiger partial charge in [0.2, 0.25) is 5.91 Å². The summed E-state index contributed by atoms with van der Waals surface area (Å²) in [7, 11) is 0. The highest BCUT2D eigenvalue weighted by Gasteiger charge is 2.18. The van der Waals surface area contributed by atoms with E-state index >= 15 is 0 Å². The fourth-order valence-electron chi connectivity index (χ4n) is 1.05. The Hall–Kier alpha value is -1.07. The summed E-state index contributed by atoms with van der Waals surface area (Å²) in [5, 5.41) is 12.4. The van der Waals surface area contributed by atoms with Crippen LogP contribution in [0.5, 0.6) is 0 Å². The zero-order chi connectivity index (χ0) is 12.7. The molecule has 0 spiro atoms. The van der Waals surface area contributed by atoms with Crippen molar-refractivity contribution in [2.75, 3.05) is 12.3 Å². The fraction of sp³-hybridized carbons (Fsp3) is 0.500. The lowest BCUT2D eigenvalue weighted by molar-refractivity contribution is -0.119. The van der Waals surface area contributed by atoms with Crippen molar-refractivity contribution in [3.05, 3.63) is 24.5 Å². The molecule has 5 heteroatoms. The summed E-state index contributed by atoms with van der Waals surface area (Å²) < 4.78 is 0. The summed E-state index contributed by atoms with van der Waals surface area (Å²) in [4.78, 5) is 16.4. The molecule has 1 amide bonds. The van der Waals surface area contributed by atoms with Crippen LogP contribution in [-0.4, -0.2) is 33.9 Å². The van der Waals surface area contributed by atoms with Gasteiger partial charge in [-0.25, -0.2) is 0 Å². The van der Waals surface area contributed by atoms with Crippen molar-refractivity contribution < 1.29 is 9.90 Å². The second-order valence-corrected chi connectivity index (χ2v) is 5.15. The summed E-state index contributed by atoms with van der Waals surface area (Å²) in [6, 6.07) is 3.72. The average Bonchev–Trinajstić information content (AvgIpc) is 2.35. The summed E-state index contributed by atoms with van der Waals surface area (Å²) in [5.41, 5.74) is -0.822. The van der Waals surface area contributed by atoms with Gasteiger partial charge in [-0.05, 0) is 25.5 Å². The SMILES string of the molecule is CCC(C)(O)CNC(=O)CSc1ccncc1. The molecule has 0 saturated carbocycles. The second-order valence-electron chi connectivity index (χ2n) is 4.10. The number of rotatable bonds is 6. The highest BCUT2D eigenvalue weighted by Crippen LogP contribution is 2.15. The lowest BCUT2D eigenvalue weighted by Gasteiger charge is -2.21. The van der Waals surface area contributed by atoms with Crippen molar-refractivity contribution in [2.24, 2.45) is 0 Å². The normalized spacial score (nSPS) is 14.1. The molecule has 0 radical (unpaired) electrons. The van der Waals surface area contributed by atoms with Crippen LogP contribution in [0, 0.1) is 0 Å². The predicted octanol–water partition coefficient (Wildman–Crippen LogP) is 1.45. The first kappa shape index (κ1) is 14.0. The minimum absolute atomic E-state index is 0.0689. The largest absolute Gasteiger partial charge is 0.388 e. The molecule has 0 aliphatic carbocycles. The van der Waals surface area contributed by atoms with E-state index in [9.17, 15) is 9.90 Å². The summed E-state index contributed by atoms with van der Waals surface area (Å²) in [6.45, 7) is 3.89. The van der Waals surface area contributed by atoms with Gasteiger partial charge in [0.05, 0.1) is 11.4 Å². The Balaban J connectivity index is 2.27. The van der Waals surface area contributed by atoms with E-state index in [2.05, 4.69) is 10.3 Å². The van der Waals surface area contributed by atoms with Gasteiger partial charge in [0.25, 0.3) is 0 Å². The number of carbonyl (C=O) groups is 1. The molecule has 1 rings (SSSR count). The number of hydrogen-bond donors (Lipinski definition) is 2. The van der Waals surface area contributed by atoms with Crippen LogP contribution in [-0.2, 0) is 4.79 Å². The van der Waals surface area contributed by atoms with E-state index in [0.29, 0.717) is 18.7 Å². The van der Waals surface area contributed by atoms with Crippen LogP contribution in [0.25, 0.3) is 0 Å². The van der Waals surface area contributed by atoms with Crippen LogP contribution in [0.3, 0.4) is 0 Å². The Bertz CT molecular complexity index is 355. The lowest BCUT2D eigenvalue weighted by Crippen LogP contribution is -2.40. The van der Waals surface area contributed by atoms with Crippen molar-refractivity contribution in [3.63, 3.8) is 0 Å². The van der Waals surface area contributed by atoms with Crippen molar-refractivity contribution in [1.29, 1.82) is 0 Å². The van der Waals surface area contributed by atoms with E-state index in [1.54, 1.807) is 19.3 Å². The van der Waals surface area contributed by atoms with Gasteiger partial charge in [-0.3, -0.25) is 9.78 Å².